The van der Waals surface area contributed by atoms with E-state index in [0.717, 1.165) is 0 Å². The van der Waals surface area contributed by atoms with Crippen molar-refractivity contribution in [2.24, 2.45) is 11.7 Å². The predicted molar refractivity (Wildman–Crippen MR) is 46.6 cm³/mol. The summed E-state index contributed by atoms with van der Waals surface area (Å²) in [5, 5.41) is 8.63. The Morgan fingerprint density at radius 3 is 3.07 bits per heavy atom. The molecule has 2 fully saturated rings. The molecule has 4 atom stereocenters. The molecule has 2 aliphatic rings. The average Bonchev–Trinajstić information content (AvgIpc) is 2.89. The van der Waals surface area contributed by atoms with Crippen molar-refractivity contribution < 1.29 is 19.4 Å². The summed E-state index contributed by atoms with van der Waals surface area (Å²) in [5.74, 6) is -0.696. The number of carbonyl (C=O) groups is 2. The van der Waals surface area contributed by atoms with Gasteiger partial charge in [-0.2, -0.15) is 0 Å². The van der Waals surface area contributed by atoms with Gasteiger partial charge in [-0.3, -0.25) is 9.59 Å². The van der Waals surface area contributed by atoms with Crippen LogP contribution in [0.3, 0.4) is 0 Å². The molecule has 1 saturated carbocycles. The Morgan fingerprint density at radius 1 is 1.71 bits per heavy atom. The number of epoxide rings is 1. The van der Waals surface area contributed by atoms with Crippen LogP contribution in [-0.2, 0) is 14.3 Å². The van der Waals surface area contributed by atoms with Crippen LogP contribution in [0.25, 0.3) is 0 Å². The van der Waals surface area contributed by atoms with Crippen LogP contribution in [0.5, 0.6) is 0 Å². The Hall–Kier alpha value is -0.940. The molecule has 1 aliphatic carbocycles. The van der Waals surface area contributed by atoms with Crippen LogP contribution in [-0.4, -0.2) is 35.1 Å². The van der Waals surface area contributed by atoms with Crippen molar-refractivity contribution >= 4 is 11.8 Å². The van der Waals surface area contributed by atoms with Crippen LogP contribution in [0.2, 0.25) is 0 Å². The quantitative estimate of drug-likeness (QED) is 0.599. The summed E-state index contributed by atoms with van der Waals surface area (Å²) in [6.07, 6.45) is 1.31. The number of hydrogen-bond acceptors (Lipinski definition) is 4. The first-order valence-electron chi connectivity index (χ1n) is 4.76. The number of fused-ring (bicyclic) bond motifs is 1. The summed E-state index contributed by atoms with van der Waals surface area (Å²) in [4.78, 5) is 21.7. The van der Waals surface area contributed by atoms with Gasteiger partial charge in [0, 0.05) is 6.42 Å². The lowest BCUT2D eigenvalue weighted by Gasteiger charge is -2.19. The van der Waals surface area contributed by atoms with Crippen molar-refractivity contribution in [3.63, 3.8) is 0 Å². The summed E-state index contributed by atoms with van der Waals surface area (Å²) in [7, 11) is 0. The molecule has 1 aliphatic heterocycles. The number of hydrogen-bond donors (Lipinski definition) is 2. The standard InChI is InChI=1S/C9H13NO4/c10-5(9(12)13)3-4-1-2-6(11)8-7(4)14-8/h4-5,7-8H,1-3,10H2,(H,12,13)/t4-,5+,7+,8-/m1/s1. The number of aliphatic carboxylic acids is 1. The van der Waals surface area contributed by atoms with Crippen LogP contribution in [0.4, 0.5) is 0 Å². The van der Waals surface area contributed by atoms with Crippen molar-refractivity contribution in [2.45, 2.75) is 37.5 Å². The van der Waals surface area contributed by atoms with E-state index in [1.807, 2.05) is 0 Å². The predicted octanol–water partition coefficient (Wildman–Crippen LogP) is -0.465. The van der Waals surface area contributed by atoms with E-state index in [2.05, 4.69) is 0 Å². The van der Waals surface area contributed by atoms with Crippen LogP contribution in [0.1, 0.15) is 19.3 Å². The first-order valence-corrected chi connectivity index (χ1v) is 4.76. The van der Waals surface area contributed by atoms with Gasteiger partial charge in [0.05, 0.1) is 6.10 Å². The third-order valence-electron chi connectivity index (χ3n) is 2.94. The second-order valence-corrected chi connectivity index (χ2v) is 3.97. The molecule has 78 valence electrons. The Bertz CT molecular complexity index is 278. The molecular formula is C9H13NO4. The fourth-order valence-corrected chi connectivity index (χ4v) is 2.05. The number of carboxylic acids is 1. The minimum Gasteiger partial charge on any atom is -0.480 e. The number of ether oxygens (including phenoxy) is 1. The molecule has 1 saturated heterocycles. The van der Waals surface area contributed by atoms with Gasteiger partial charge in [-0.15, -0.1) is 0 Å². The zero-order valence-corrected chi connectivity index (χ0v) is 7.68. The van der Waals surface area contributed by atoms with Gasteiger partial charge in [0.15, 0.2) is 5.78 Å². The van der Waals surface area contributed by atoms with Crippen LogP contribution in [0.15, 0.2) is 0 Å². The molecule has 0 radical (unpaired) electrons. The lowest BCUT2D eigenvalue weighted by Crippen LogP contribution is -2.35. The molecule has 0 spiro atoms. The Morgan fingerprint density at radius 2 is 2.43 bits per heavy atom. The lowest BCUT2D eigenvalue weighted by molar-refractivity contribution is -0.139. The molecule has 2 rings (SSSR count). The fraction of sp³-hybridized carbons (Fsp3) is 0.778. The Kier molecular flexibility index (Phi) is 2.28. The Labute approximate surface area is 81.2 Å². The molecule has 5 heteroatoms. The van der Waals surface area contributed by atoms with E-state index in [-0.39, 0.29) is 23.9 Å². The molecule has 3 N–H and O–H groups in total. The van der Waals surface area contributed by atoms with Gasteiger partial charge >= 0.3 is 5.97 Å². The van der Waals surface area contributed by atoms with E-state index >= 15 is 0 Å². The fourth-order valence-electron chi connectivity index (χ4n) is 2.05. The normalized spacial score (nSPS) is 37.5. The maximum Gasteiger partial charge on any atom is 0.320 e. The second kappa shape index (κ2) is 3.33. The maximum absolute atomic E-state index is 11.1. The molecular weight excluding hydrogens is 186 g/mol. The van der Waals surface area contributed by atoms with E-state index in [1.54, 1.807) is 0 Å². The minimum atomic E-state index is -0.987. The van der Waals surface area contributed by atoms with Crippen molar-refractivity contribution in [1.82, 2.24) is 0 Å². The SMILES string of the molecule is N[C@@H](C[C@H]1CCC(=O)[C@H]2O[C@@H]12)C(=O)O. The lowest BCUT2D eigenvalue weighted by atomic mass is 9.84. The molecule has 1 heterocycles. The molecule has 0 amide bonds. The third-order valence-corrected chi connectivity index (χ3v) is 2.94. The third kappa shape index (κ3) is 1.65. The van der Waals surface area contributed by atoms with E-state index in [1.165, 1.54) is 0 Å². The van der Waals surface area contributed by atoms with Gasteiger partial charge < -0.3 is 15.6 Å². The van der Waals surface area contributed by atoms with Crippen molar-refractivity contribution in [3.8, 4) is 0 Å². The number of nitrogens with two attached hydrogens (primary N) is 1. The number of rotatable bonds is 3. The zero-order chi connectivity index (χ0) is 10.3. The maximum atomic E-state index is 11.1. The van der Waals surface area contributed by atoms with Crippen molar-refractivity contribution in [2.75, 3.05) is 0 Å². The number of carbonyl (C=O) groups excluding carboxylic acids is 1. The molecule has 5 nitrogen and oxygen atoms in total. The number of Topliss-reactive ketones (excluding diaryl/α,β-unsaturated/α-hetero) is 1. The largest absolute Gasteiger partial charge is 0.480 e. The van der Waals surface area contributed by atoms with Crippen LogP contribution < -0.4 is 5.73 Å². The van der Waals surface area contributed by atoms with Crippen molar-refractivity contribution in [1.29, 1.82) is 0 Å². The minimum absolute atomic E-state index is 0.0540. The molecule has 14 heavy (non-hydrogen) atoms. The first kappa shape index (κ1) is 9.61. The second-order valence-electron chi connectivity index (χ2n) is 3.97. The van der Waals surface area contributed by atoms with Gasteiger partial charge in [0.1, 0.15) is 12.1 Å². The summed E-state index contributed by atoms with van der Waals surface area (Å²) < 4.78 is 5.19. The summed E-state index contributed by atoms with van der Waals surface area (Å²) in [6.45, 7) is 0. The molecule has 0 bridgehead atoms. The van der Waals surface area contributed by atoms with Gasteiger partial charge in [-0.1, -0.05) is 0 Å². The Balaban J connectivity index is 1.88. The number of ketones is 1. The monoisotopic (exact) mass is 199 g/mol. The van der Waals surface area contributed by atoms with Gasteiger partial charge in [0.2, 0.25) is 0 Å². The van der Waals surface area contributed by atoms with Gasteiger partial charge in [0.25, 0.3) is 0 Å². The summed E-state index contributed by atoms with van der Waals surface area (Å²) >= 11 is 0. The average molecular weight is 199 g/mol. The van der Waals surface area contributed by atoms with Crippen molar-refractivity contribution in [3.05, 3.63) is 0 Å². The van der Waals surface area contributed by atoms with E-state index in [9.17, 15) is 9.59 Å². The van der Waals surface area contributed by atoms with Crippen LogP contribution >= 0.6 is 0 Å². The highest BCUT2D eigenvalue weighted by Crippen LogP contribution is 2.40. The summed E-state index contributed by atoms with van der Waals surface area (Å²) in [6, 6.07) is -0.835. The topological polar surface area (TPSA) is 92.9 Å². The van der Waals surface area contributed by atoms with E-state index in [0.29, 0.717) is 19.3 Å². The molecule has 0 aromatic rings. The first-order chi connectivity index (χ1) is 6.59. The highest BCUT2D eigenvalue weighted by Gasteiger charge is 2.52. The highest BCUT2D eigenvalue weighted by molar-refractivity contribution is 5.87. The highest BCUT2D eigenvalue weighted by atomic mass is 16.6. The van der Waals surface area contributed by atoms with Gasteiger partial charge in [-0.25, -0.2) is 0 Å². The summed E-state index contributed by atoms with van der Waals surface area (Å²) in [5.41, 5.74) is 5.42. The molecule has 0 aromatic carbocycles. The van der Waals surface area contributed by atoms with Crippen LogP contribution in [0, 0.1) is 5.92 Å². The van der Waals surface area contributed by atoms with E-state index in [4.69, 9.17) is 15.6 Å². The number of carboxylic acid groups (broad SMARTS) is 1. The van der Waals surface area contributed by atoms with Gasteiger partial charge in [-0.05, 0) is 18.8 Å². The molecule has 0 aromatic heterocycles. The zero-order valence-electron chi connectivity index (χ0n) is 7.68. The molecule has 0 unspecified atom stereocenters. The van der Waals surface area contributed by atoms with E-state index < -0.39 is 12.0 Å². The smallest absolute Gasteiger partial charge is 0.320 e.